The Labute approximate surface area is 140 Å². The van der Waals surface area contributed by atoms with Gasteiger partial charge in [-0.1, -0.05) is 35.9 Å². The average Bonchev–Trinajstić information content (AvgIpc) is 2.61. The van der Waals surface area contributed by atoms with Gasteiger partial charge in [0, 0.05) is 12.2 Å². The van der Waals surface area contributed by atoms with Crippen LogP contribution >= 0.6 is 0 Å². The van der Waals surface area contributed by atoms with E-state index in [1.165, 1.54) is 11.1 Å². The van der Waals surface area contributed by atoms with Gasteiger partial charge in [-0.2, -0.15) is 15.3 Å². The molecule has 0 bridgehead atoms. The lowest BCUT2D eigenvalue weighted by Crippen LogP contribution is -2.05. The van der Waals surface area contributed by atoms with Crippen LogP contribution in [0.5, 0.6) is 0 Å². The first-order valence-electron chi connectivity index (χ1n) is 7.49. The molecule has 6 heteroatoms. The predicted molar refractivity (Wildman–Crippen MR) is 92.8 cm³/mol. The number of aromatic nitrogens is 3. The first-order valence-corrected chi connectivity index (χ1v) is 7.49. The standard InChI is InChI=1S/C18H16N6/c1-13-4-2-6-15(8-13)11-20-17-12-21-24-18(23-17)22-16-7-3-5-14(9-16)10-19/h2-9,12H,11H2,1H3,(H2,20,22,23,24). The minimum absolute atomic E-state index is 0.374. The van der Waals surface area contributed by atoms with Gasteiger partial charge in [-0.3, -0.25) is 0 Å². The molecule has 0 saturated heterocycles. The van der Waals surface area contributed by atoms with Crippen molar-refractivity contribution in [2.45, 2.75) is 13.5 Å². The molecule has 3 rings (SSSR count). The van der Waals surface area contributed by atoms with Crippen molar-refractivity contribution in [3.8, 4) is 6.07 Å². The third-order valence-corrected chi connectivity index (χ3v) is 3.36. The summed E-state index contributed by atoms with van der Waals surface area (Å²) in [6.45, 7) is 2.72. The lowest BCUT2D eigenvalue weighted by Gasteiger charge is -2.08. The van der Waals surface area contributed by atoms with Crippen molar-refractivity contribution in [2.24, 2.45) is 0 Å². The number of benzene rings is 2. The number of nitrogens with one attached hydrogen (secondary N) is 2. The van der Waals surface area contributed by atoms with Gasteiger partial charge in [0.15, 0.2) is 5.82 Å². The molecule has 0 radical (unpaired) electrons. The third kappa shape index (κ3) is 4.05. The first kappa shape index (κ1) is 15.4. The van der Waals surface area contributed by atoms with Crippen molar-refractivity contribution in [2.75, 3.05) is 10.6 Å². The quantitative estimate of drug-likeness (QED) is 0.750. The minimum Gasteiger partial charge on any atom is -0.365 e. The van der Waals surface area contributed by atoms with Crippen molar-refractivity contribution in [1.82, 2.24) is 15.2 Å². The fourth-order valence-corrected chi connectivity index (χ4v) is 2.25. The highest BCUT2D eigenvalue weighted by Crippen LogP contribution is 2.15. The summed E-state index contributed by atoms with van der Waals surface area (Å²) in [5.74, 6) is 1.00. The Hall–Kier alpha value is -3.46. The van der Waals surface area contributed by atoms with Gasteiger partial charge in [-0.25, -0.2) is 0 Å². The second kappa shape index (κ2) is 7.20. The monoisotopic (exact) mass is 316 g/mol. The van der Waals surface area contributed by atoms with Crippen LogP contribution in [0.25, 0.3) is 0 Å². The Morgan fingerprint density at radius 2 is 2.00 bits per heavy atom. The molecule has 0 atom stereocenters. The zero-order valence-corrected chi connectivity index (χ0v) is 13.2. The molecule has 118 valence electrons. The van der Waals surface area contributed by atoms with E-state index in [-0.39, 0.29) is 0 Å². The highest BCUT2D eigenvalue weighted by atomic mass is 15.3. The number of nitriles is 1. The number of hydrogen-bond acceptors (Lipinski definition) is 6. The molecule has 0 amide bonds. The molecule has 24 heavy (non-hydrogen) atoms. The second-order valence-corrected chi connectivity index (χ2v) is 5.33. The molecule has 0 spiro atoms. The summed E-state index contributed by atoms with van der Waals surface area (Å²) in [5.41, 5.74) is 3.70. The summed E-state index contributed by atoms with van der Waals surface area (Å²) >= 11 is 0. The van der Waals surface area contributed by atoms with Crippen LogP contribution in [0.4, 0.5) is 17.5 Å². The van der Waals surface area contributed by atoms with Gasteiger partial charge < -0.3 is 10.6 Å². The number of aryl methyl sites for hydroxylation is 1. The molecule has 0 fully saturated rings. The Bertz CT molecular complexity index is 884. The van der Waals surface area contributed by atoms with Gasteiger partial charge in [0.25, 0.3) is 0 Å². The van der Waals surface area contributed by atoms with E-state index in [4.69, 9.17) is 5.26 Å². The molecule has 0 aliphatic carbocycles. The Balaban J connectivity index is 1.68. The molecular weight excluding hydrogens is 300 g/mol. The van der Waals surface area contributed by atoms with Crippen molar-refractivity contribution >= 4 is 17.5 Å². The number of rotatable bonds is 5. The molecule has 0 unspecified atom stereocenters. The van der Waals surface area contributed by atoms with Crippen LogP contribution in [-0.2, 0) is 6.54 Å². The van der Waals surface area contributed by atoms with Crippen LogP contribution in [-0.4, -0.2) is 15.2 Å². The van der Waals surface area contributed by atoms with E-state index < -0.39 is 0 Å². The topological polar surface area (TPSA) is 86.5 Å². The normalized spacial score (nSPS) is 10.0. The van der Waals surface area contributed by atoms with Gasteiger partial charge >= 0.3 is 0 Å². The van der Waals surface area contributed by atoms with Crippen LogP contribution < -0.4 is 10.6 Å². The Morgan fingerprint density at radius 1 is 1.12 bits per heavy atom. The van der Waals surface area contributed by atoms with Gasteiger partial charge in [-0.15, -0.1) is 5.10 Å². The van der Waals surface area contributed by atoms with E-state index in [0.29, 0.717) is 23.9 Å². The summed E-state index contributed by atoms with van der Waals surface area (Å²) in [7, 11) is 0. The molecule has 1 heterocycles. The van der Waals surface area contributed by atoms with Crippen molar-refractivity contribution in [1.29, 1.82) is 5.26 Å². The van der Waals surface area contributed by atoms with Crippen LogP contribution in [0.2, 0.25) is 0 Å². The molecule has 3 aromatic rings. The summed E-state index contributed by atoms with van der Waals surface area (Å²) in [6.07, 6.45) is 1.58. The van der Waals surface area contributed by atoms with Crippen molar-refractivity contribution < 1.29 is 0 Å². The third-order valence-electron chi connectivity index (χ3n) is 3.36. The maximum absolute atomic E-state index is 8.94. The highest BCUT2D eigenvalue weighted by Gasteiger charge is 2.02. The number of hydrogen-bond donors (Lipinski definition) is 2. The van der Waals surface area contributed by atoms with Gasteiger partial charge in [0.05, 0.1) is 17.8 Å². The van der Waals surface area contributed by atoms with Crippen LogP contribution in [0.15, 0.2) is 54.7 Å². The van der Waals surface area contributed by atoms with Crippen LogP contribution in [0.3, 0.4) is 0 Å². The molecule has 2 N–H and O–H groups in total. The van der Waals surface area contributed by atoms with E-state index in [1.54, 1.807) is 24.4 Å². The predicted octanol–water partition coefficient (Wildman–Crippen LogP) is 3.41. The minimum atomic E-state index is 0.374. The second-order valence-electron chi connectivity index (χ2n) is 5.33. The van der Waals surface area contributed by atoms with E-state index >= 15 is 0 Å². The van der Waals surface area contributed by atoms with E-state index in [9.17, 15) is 0 Å². The summed E-state index contributed by atoms with van der Waals surface area (Å²) in [6, 6.07) is 17.5. The average molecular weight is 316 g/mol. The fourth-order valence-electron chi connectivity index (χ4n) is 2.25. The maximum Gasteiger partial charge on any atom is 0.249 e. The Kier molecular flexibility index (Phi) is 4.63. The molecular formula is C18H16N6. The first-order chi connectivity index (χ1) is 11.7. The summed E-state index contributed by atoms with van der Waals surface area (Å²) in [4.78, 5) is 4.38. The largest absolute Gasteiger partial charge is 0.365 e. The van der Waals surface area contributed by atoms with Gasteiger partial charge in [0.1, 0.15) is 0 Å². The Morgan fingerprint density at radius 3 is 2.83 bits per heavy atom. The van der Waals surface area contributed by atoms with Crippen molar-refractivity contribution in [3.05, 3.63) is 71.4 Å². The number of nitrogens with zero attached hydrogens (tertiary/aromatic N) is 4. The molecule has 1 aromatic heterocycles. The molecule has 0 saturated carbocycles. The zero-order valence-electron chi connectivity index (χ0n) is 13.2. The molecule has 2 aromatic carbocycles. The lowest BCUT2D eigenvalue weighted by atomic mass is 10.1. The summed E-state index contributed by atoms with van der Waals surface area (Å²) < 4.78 is 0. The van der Waals surface area contributed by atoms with E-state index in [0.717, 1.165) is 5.69 Å². The molecule has 0 aliphatic heterocycles. The van der Waals surface area contributed by atoms with Crippen molar-refractivity contribution in [3.63, 3.8) is 0 Å². The van der Waals surface area contributed by atoms with E-state index in [2.05, 4.69) is 57.0 Å². The SMILES string of the molecule is Cc1cccc(CNc2cnnc(Nc3cccc(C#N)c3)n2)c1. The maximum atomic E-state index is 8.94. The lowest BCUT2D eigenvalue weighted by molar-refractivity contribution is 0.965. The van der Waals surface area contributed by atoms with Gasteiger partial charge in [-0.05, 0) is 30.7 Å². The van der Waals surface area contributed by atoms with Gasteiger partial charge in [0.2, 0.25) is 5.95 Å². The fraction of sp³-hybridized carbons (Fsp3) is 0.111. The van der Waals surface area contributed by atoms with Crippen LogP contribution in [0, 0.1) is 18.3 Å². The summed E-state index contributed by atoms with van der Waals surface area (Å²) in [5, 5.41) is 23.1. The molecule has 6 nitrogen and oxygen atoms in total. The number of anilines is 3. The van der Waals surface area contributed by atoms with E-state index in [1.807, 2.05) is 12.1 Å². The van der Waals surface area contributed by atoms with Crippen LogP contribution in [0.1, 0.15) is 16.7 Å². The molecule has 0 aliphatic rings. The smallest absolute Gasteiger partial charge is 0.249 e. The zero-order chi connectivity index (χ0) is 16.8. The highest BCUT2D eigenvalue weighted by molar-refractivity contribution is 5.56.